The first kappa shape index (κ1) is 22.5. The normalized spacial score (nSPS) is 16.9. The summed E-state index contributed by atoms with van der Waals surface area (Å²) in [6, 6.07) is 8.67. The van der Waals surface area contributed by atoms with Gasteiger partial charge in [-0.15, -0.1) is 10.2 Å². The van der Waals surface area contributed by atoms with Gasteiger partial charge in [-0.1, -0.05) is 29.0 Å². The molecule has 4 rings (SSSR count). The fourth-order valence-corrected chi connectivity index (χ4v) is 6.98. The molecule has 0 aliphatic carbocycles. The van der Waals surface area contributed by atoms with Gasteiger partial charge in [-0.05, 0) is 69.0 Å². The Kier molecular flexibility index (Phi) is 6.11. The molecule has 1 fully saturated rings. The number of carbonyl (C=O) groups excluding carboxylic acids is 1. The van der Waals surface area contributed by atoms with Crippen LogP contribution in [0.15, 0.2) is 41.3 Å². The highest BCUT2D eigenvalue weighted by Gasteiger charge is 2.40. The van der Waals surface area contributed by atoms with Crippen molar-refractivity contribution in [1.82, 2.24) is 14.5 Å². The SMILES string of the molecule is Cc1cc(C)c(S(=O)(=O)N2CCC[C@H]2C(=O)Nc2nnc(-c3ccc(F)cc3)s2)c(C)c1. The molecule has 10 heteroatoms. The van der Waals surface area contributed by atoms with Crippen molar-refractivity contribution in [3.05, 3.63) is 58.9 Å². The van der Waals surface area contributed by atoms with Crippen molar-refractivity contribution < 1.29 is 17.6 Å². The maximum Gasteiger partial charge on any atom is 0.244 e. The summed E-state index contributed by atoms with van der Waals surface area (Å²) in [5.41, 5.74) is 3.01. The van der Waals surface area contributed by atoms with Crippen LogP contribution in [-0.4, -0.2) is 41.4 Å². The Morgan fingerprint density at radius 3 is 2.44 bits per heavy atom. The molecule has 3 aromatic rings. The molecule has 1 aliphatic rings. The molecular formula is C22H23FN4O3S2. The van der Waals surface area contributed by atoms with Crippen molar-refractivity contribution in [2.45, 2.75) is 44.6 Å². The topological polar surface area (TPSA) is 92.3 Å². The van der Waals surface area contributed by atoms with Crippen LogP contribution in [0, 0.1) is 26.6 Å². The average molecular weight is 475 g/mol. The highest BCUT2D eigenvalue weighted by atomic mass is 32.2. The van der Waals surface area contributed by atoms with Crippen LogP contribution < -0.4 is 5.32 Å². The van der Waals surface area contributed by atoms with Crippen molar-refractivity contribution in [1.29, 1.82) is 0 Å². The number of carbonyl (C=O) groups is 1. The molecule has 0 spiro atoms. The number of rotatable bonds is 5. The average Bonchev–Trinajstić information content (AvgIpc) is 3.37. The van der Waals surface area contributed by atoms with E-state index in [4.69, 9.17) is 0 Å². The number of nitrogens with zero attached hydrogens (tertiary/aromatic N) is 3. The molecular weight excluding hydrogens is 451 g/mol. The van der Waals surface area contributed by atoms with Crippen LogP contribution in [0.3, 0.4) is 0 Å². The number of aryl methyl sites for hydroxylation is 3. The number of sulfonamides is 1. The third kappa shape index (κ3) is 4.30. The van der Waals surface area contributed by atoms with E-state index in [1.807, 2.05) is 19.1 Å². The second-order valence-electron chi connectivity index (χ2n) is 7.91. The first-order valence-corrected chi connectivity index (χ1v) is 12.4. The molecule has 0 bridgehead atoms. The highest BCUT2D eigenvalue weighted by molar-refractivity contribution is 7.89. The summed E-state index contributed by atoms with van der Waals surface area (Å²) in [5, 5.41) is 11.5. The van der Waals surface area contributed by atoms with Crippen LogP contribution in [0.5, 0.6) is 0 Å². The molecule has 1 saturated heterocycles. The van der Waals surface area contributed by atoms with Crippen LogP contribution in [0.2, 0.25) is 0 Å². The third-order valence-electron chi connectivity index (χ3n) is 5.42. The van der Waals surface area contributed by atoms with Crippen LogP contribution >= 0.6 is 11.3 Å². The zero-order valence-corrected chi connectivity index (χ0v) is 19.6. The summed E-state index contributed by atoms with van der Waals surface area (Å²) in [6.07, 6.45) is 1.02. The van der Waals surface area contributed by atoms with Gasteiger partial charge in [-0.25, -0.2) is 12.8 Å². The summed E-state index contributed by atoms with van der Waals surface area (Å²) in [5.74, 6) is -0.788. The minimum absolute atomic E-state index is 0.261. The lowest BCUT2D eigenvalue weighted by molar-refractivity contribution is -0.119. The maximum absolute atomic E-state index is 13.5. The minimum Gasteiger partial charge on any atom is -0.299 e. The molecule has 1 aromatic heterocycles. The number of halogens is 1. The van der Waals surface area contributed by atoms with Crippen LogP contribution in [0.1, 0.15) is 29.5 Å². The Morgan fingerprint density at radius 2 is 1.78 bits per heavy atom. The number of hydrogen-bond donors (Lipinski definition) is 1. The van der Waals surface area contributed by atoms with Gasteiger partial charge in [-0.3, -0.25) is 10.1 Å². The molecule has 1 amide bonds. The Labute approximate surface area is 190 Å². The summed E-state index contributed by atoms with van der Waals surface area (Å²) in [4.78, 5) is 13.3. The van der Waals surface area contributed by atoms with Crippen molar-refractivity contribution in [3.8, 4) is 10.6 Å². The monoisotopic (exact) mass is 474 g/mol. The van der Waals surface area contributed by atoms with E-state index in [0.29, 0.717) is 34.5 Å². The molecule has 0 saturated carbocycles. The first-order valence-electron chi connectivity index (χ1n) is 10.2. The molecule has 0 radical (unpaired) electrons. The minimum atomic E-state index is -3.84. The van der Waals surface area contributed by atoms with Gasteiger partial charge < -0.3 is 0 Å². The summed E-state index contributed by atoms with van der Waals surface area (Å²) >= 11 is 1.15. The van der Waals surface area contributed by atoms with Crippen LogP contribution in [-0.2, 0) is 14.8 Å². The number of anilines is 1. The van der Waals surface area contributed by atoms with Crippen molar-refractivity contribution >= 4 is 32.4 Å². The summed E-state index contributed by atoms with van der Waals surface area (Å²) < 4.78 is 41.3. The van der Waals surface area contributed by atoms with Gasteiger partial charge in [0.1, 0.15) is 16.9 Å². The standard InChI is InChI=1S/C22H23FN4O3S2/c1-13-11-14(2)19(15(3)12-13)32(29,30)27-10-4-5-18(27)20(28)24-22-26-25-21(31-22)16-6-8-17(23)9-7-16/h6-9,11-12,18H,4-5,10H2,1-3H3,(H,24,26,28)/t18-/m0/s1. The number of amides is 1. The van der Waals surface area contributed by atoms with E-state index in [9.17, 15) is 17.6 Å². The molecule has 32 heavy (non-hydrogen) atoms. The molecule has 168 valence electrons. The second-order valence-corrected chi connectivity index (χ2v) is 10.7. The van der Waals surface area contributed by atoms with E-state index < -0.39 is 22.0 Å². The molecule has 2 heterocycles. The van der Waals surface area contributed by atoms with Gasteiger partial charge in [0.2, 0.25) is 21.1 Å². The molecule has 1 aliphatic heterocycles. The molecule has 0 unspecified atom stereocenters. The van der Waals surface area contributed by atoms with Gasteiger partial charge in [0.15, 0.2) is 0 Å². The zero-order valence-electron chi connectivity index (χ0n) is 17.9. The Morgan fingerprint density at radius 1 is 1.12 bits per heavy atom. The third-order valence-corrected chi connectivity index (χ3v) is 8.53. The van der Waals surface area contributed by atoms with E-state index in [1.165, 1.54) is 16.4 Å². The lowest BCUT2D eigenvalue weighted by atomic mass is 10.1. The lowest BCUT2D eigenvalue weighted by Gasteiger charge is -2.25. The Bertz CT molecular complexity index is 1250. The largest absolute Gasteiger partial charge is 0.299 e. The zero-order chi connectivity index (χ0) is 23.0. The van der Waals surface area contributed by atoms with Crippen molar-refractivity contribution in [2.24, 2.45) is 0 Å². The predicted molar refractivity (Wildman–Crippen MR) is 121 cm³/mol. The van der Waals surface area contributed by atoms with E-state index in [1.54, 1.807) is 26.0 Å². The van der Waals surface area contributed by atoms with E-state index in [-0.39, 0.29) is 22.4 Å². The van der Waals surface area contributed by atoms with E-state index in [2.05, 4.69) is 15.5 Å². The van der Waals surface area contributed by atoms with Gasteiger partial charge in [-0.2, -0.15) is 4.31 Å². The summed E-state index contributed by atoms with van der Waals surface area (Å²) in [6.45, 7) is 5.75. The quantitative estimate of drug-likeness (QED) is 0.602. The number of hydrogen-bond acceptors (Lipinski definition) is 6. The summed E-state index contributed by atoms with van der Waals surface area (Å²) in [7, 11) is -3.84. The highest BCUT2D eigenvalue weighted by Crippen LogP contribution is 2.32. The fraction of sp³-hybridized carbons (Fsp3) is 0.318. The molecule has 7 nitrogen and oxygen atoms in total. The van der Waals surface area contributed by atoms with Gasteiger partial charge in [0.05, 0.1) is 4.90 Å². The van der Waals surface area contributed by atoms with Crippen LogP contribution in [0.4, 0.5) is 9.52 Å². The number of nitrogens with one attached hydrogen (secondary N) is 1. The molecule has 1 N–H and O–H groups in total. The maximum atomic E-state index is 13.5. The van der Waals surface area contributed by atoms with Crippen molar-refractivity contribution in [3.63, 3.8) is 0 Å². The second kappa shape index (κ2) is 8.68. The van der Waals surface area contributed by atoms with Crippen LogP contribution in [0.25, 0.3) is 10.6 Å². The number of benzene rings is 2. The molecule has 2 aromatic carbocycles. The lowest BCUT2D eigenvalue weighted by Crippen LogP contribution is -2.43. The molecule has 1 atom stereocenters. The van der Waals surface area contributed by atoms with E-state index >= 15 is 0 Å². The smallest absolute Gasteiger partial charge is 0.244 e. The Balaban J connectivity index is 1.55. The fourth-order valence-electron chi connectivity index (χ4n) is 4.15. The van der Waals surface area contributed by atoms with Gasteiger partial charge >= 0.3 is 0 Å². The Hall–Kier alpha value is -2.69. The predicted octanol–water partition coefficient (Wildman–Crippen LogP) is 4.06. The first-order chi connectivity index (χ1) is 15.2. The van der Waals surface area contributed by atoms with Gasteiger partial charge in [0, 0.05) is 12.1 Å². The number of aromatic nitrogens is 2. The van der Waals surface area contributed by atoms with E-state index in [0.717, 1.165) is 16.9 Å². The van der Waals surface area contributed by atoms with Crippen molar-refractivity contribution in [2.75, 3.05) is 11.9 Å². The van der Waals surface area contributed by atoms with Gasteiger partial charge in [0.25, 0.3) is 0 Å².